The van der Waals surface area contributed by atoms with Crippen molar-refractivity contribution in [3.8, 4) is 0 Å². The Labute approximate surface area is 146 Å². The summed E-state index contributed by atoms with van der Waals surface area (Å²) in [5.74, 6) is 0.577. The smallest absolute Gasteiger partial charge is 0.0516 e. The molecule has 1 N–H and O–H groups in total. The van der Waals surface area contributed by atoms with Crippen molar-refractivity contribution in [3.63, 3.8) is 0 Å². The summed E-state index contributed by atoms with van der Waals surface area (Å²) < 4.78 is 0. The molecule has 0 bridgehead atoms. The zero-order valence-electron chi connectivity index (χ0n) is 14.8. The van der Waals surface area contributed by atoms with Crippen molar-refractivity contribution >= 4 is 11.8 Å². The number of nitrogens with one attached hydrogen (secondary N) is 1. The van der Waals surface area contributed by atoms with Crippen molar-refractivity contribution in [2.75, 3.05) is 0 Å². The molecule has 0 aromatic heterocycles. The molecule has 0 spiro atoms. The van der Waals surface area contributed by atoms with Gasteiger partial charge in [-0.1, -0.05) is 81.1 Å². The molecule has 124 valence electrons. The molecule has 0 heterocycles. The molecular formula is C23H27N. The second-order valence-electron chi connectivity index (χ2n) is 6.99. The topological polar surface area (TPSA) is 12.0 Å². The Morgan fingerprint density at radius 2 is 1.88 bits per heavy atom. The standard InChI is InChI=1S/C23H27N/c1-17(2)11-12-19-13-15-20(16-14-19)18(3)24-23-10-6-8-21-7-4-5-9-22(21)23/h4-5,7,9,11-17,23-24H,3,6,8,10H2,1-2H3/b12-11+. The predicted molar refractivity (Wildman–Crippen MR) is 105 cm³/mol. The first-order valence-electron chi connectivity index (χ1n) is 8.95. The van der Waals surface area contributed by atoms with E-state index in [1.165, 1.54) is 41.5 Å². The van der Waals surface area contributed by atoms with Crippen LogP contribution in [0, 0.1) is 5.92 Å². The average molecular weight is 317 g/mol. The first-order chi connectivity index (χ1) is 11.6. The van der Waals surface area contributed by atoms with E-state index in [9.17, 15) is 0 Å². The fourth-order valence-electron chi connectivity index (χ4n) is 3.30. The second kappa shape index (κ2) is 7.53. The van der Waals surface area contributed by atoms with E-state index in [0.29, 0.717) is 12.0 Å². The van der Waals surface area contributed by atoms with Gasteiger partial charge in [-0.2, -0.15) is 0 Å². The van der Waals surface area contributed by atoms with Gasteiger partial charge in [-0.3, -0.25) is 0 Å². The quantitative estimate of drug-likeness (QED) is 0.714. The fourth-order valence-corrected chi connectivity index (χ4v) is 3.30. The monoisotopic (exact) mass is 317 g/mol. The predicted octanol–water partition coefficient (Wildman–Crippen LogP) is 5.99. The lowest BCUT2D eigenvalue weighted by atomic mass is 9.87. The summed E-state index contributed by atoms with van der Waals surface area (Å²) in [5, 5.41) is 3.65. The maximum absolute atomic E-state index is 4.27. The van der Waals surface area contributed by atoms with E-state index >= 15 is 0 Å². The van der Waals surface area contributed by atoms with Crippen LogP contribution in [0.1, 0.15) is 55.0 Å². The summed E-state index contributed by atoms with van der Waals surface area (Å²) in [5.41, 5.74) is 6.32. The number of rotatable bonds is 5. The van der Waals surface area contributed by atoms with Gasteiger partial charge in [0.05, 0.1) is 6.04 Å². The zero-order valence-corrected chi connectivity index (χ0v) is 14.8. The van der Waals surface area contributed by atoms with Gasteiger partial charge in [-0.15, -0.1) is 0 Å². The van der Waals surface area contributed by atoms with E-state index in [-0.39, 0.29) is 0 Å². The average Bonchev–Trinajstić information content (AvgIpc) is 2.60. The fraction of sp³-hybridized carbons (Fsp3) is 0.304. The van der Waals surface area contributed by atoms with Crippen molar-refractivity contribution < 1.29 is 0 Å². The van der Waals surface area contributed by atoms with Gasteiger partial charge in [0, 0.05) is 5.70 Å². The normalized spacial score (nSPS) is 17.0. The third kappa shape index (κ3) is 3.97. The van der Waals surface area contributed by atoms with Gasteiger partial charge < -0.3 is 5.32 Å². The Balaban J connectivity index is 1.70. The SMILES string of the molecule is C=C(NC1CCCc2ccccc21)c1ccc(/C=C/C(C)C)cc1. The molecule has 0 aliphatic heterocycles. The third-order valence-corrected chi connectivity index (χ3v) is 4.65. The molecule has 24 heavy (non-hydrogen) atoms. The van der Waals surface area contributed by atoms with E-state index in [0.717, 1.165) is 5.70 Å². The van der Waals surface area contributed by atoms with Crippen LogP contribution in [-0.4, -0.2) is 0 Å². The minimum Gasteiger partial charge on any atom is -0.378 e. The Kier molecular flexibility index (Phi) is 5.20. The first kappa shape index (κ1) is 16.6. The Morgan fingerprint density at radius 3 is 2.62 bits per heavy atom. The molecule has 1 unspecified atom stereocenters. The highest BCUT2D eigenvalue weighted by molar-refractivity contribution is 5.64. The molecule has 1 aliphatic carbocycles. The van der Waals surface area contributed by atoms with Gasteiger partial charge >= 0.3 is 0 Å². The molecule has 2 aromatic carbocycles. The van der Waals surface area contributed by atoms with Gasteiger partial charge in [-0.05, 0) is 47.4 Å². The lowest BCUT2D eigenvalue weighted by Crippen LogP contribution is -2.23. The number of hydrogen-bond donors (Lipinski definition) is 1. The Morgan fingerprint density at radius 1 is 1.12 bits per heavy atom. The largest absolute Gasteiger partial charge is 0.378 e. The summed E-state index contributed by atoms with van der Waals surface area (Å²) >= 11 is 0. The van der Waals surface area contributed by atoms with Crippen LogP contribution in [-0.2, 0) is 6.42 Å². The minimum absolute atomic E-state index is 0.378. The molecule has 1 atom stereocenters. The maximum atomic E-state index is 4.27. The summed E-state index contributed by atoms with van der Waals surface area (Å²) in [4.78, 5) is 0. The molecule has 0 saturated heterocycles. The number of aryl methyl sites for hydroxylation is 1. The van der Waals surface area contributed by atoms with Crippen LogP contribution in [0.5, 0.6) is 0 Å². The summed E-state index contributed by atoms with van der Waals surface area (Å²) in [6.45, 7) is 8.65. The molecule has 3 rings (SSSR count). The zero-order chi connectivity index (χ0) is 16.9. The third-order valence-electron chi connectivity index (χ3n) is 4.65. The summed E-state index contributed by atoms with van der Waals surface area (Å²) in [6.07, 6.45) is 8.01. The van der Waals surface area contributed by atoms with Crippen molar-refractivity contribution in [2.45, 2.75) is 39.2 Å². The number of benzene rings is 2. The van der Waals surface area contributed by atoms with Crippen LogP contribution < -0.4 is 5.32 Å². The highest BCUT2D eigenvalue weighted by atomic mass is 14.9. The van der Waals surface area contributed by atoms with Crippen molar-refractivity contribution in [1.82, 2.24) is 5.32 Å². The number of hydrogen-bond acceptors (Lipinski definition) is 1. The van der Waals surface area contributed by atoms with Gasteiger partial charge in [0.15, 0.2) is 0 Å². The van der Waals surface area contributed by atoms with Crippen molar-refractivity contribution in [1.29, 1.82) is 0 Å². The molecule has 0 saturated carbocycles. The molecular weight excluding hydrogens is 290 g/mol. The lowest BCUT2D eigenvalue weighted by Gasteiger charge is -2.28. The molecule has 0 fully saturated rings. The van der Waals surface area contributed by atoms with Crippen LogP contribution >= 0.6 is 0 Å². The van der Waals surface area contributed by atoms with E-state index in [4.69, 9.17) is 0 Å². The van der Waals surface area contributed by atoms with Crippen molar-refractivity contribution in [3.05, 3.63) is 83.4 Å². The number of fused-ring (bicyclic) bond motifs is 1. The second-order valence-corrected chi connectivity index (χ2v) is 6.99. The van der Waals surface area contributed by atoms with Crippen LogP contribution in [0.4, 0.5) is 0 Å². The van der Waals surface area contributed by atoms with Crippen LogP contribution in [0.3, 0.4) is 0 Å². The number of allylic oxidation sites excluding steroid dienone is 1. The molecule has 1 heteroatoms. The molecule has 0 radical (unpaired) electrons. The van der Waals surface area contributed by atoms with E-state index in [2.05, 4.69) is 86.4 Å². The minimum atomic E-state index is 0.378. The van der Waals surface area contributed by atoms with Crippen LogP contribution in [0.15, 0.2) is 61.2 Å². The van der Waals surface area contributed by atoms with Gasteiger partial charge in [0.1, 0.15) is 0 Å². The molecule has 0 amide bonds. The summed E-state index contributed by atoms with van der Waals surface area (Å²) in [7, 11) is 0. The van der Waals surface area contributed by atoms with Gasteiger partial charge in [0.25, 0.3) is 0 Å². The van der Waals surface area contributed by atoms with Crippen LogP contribution in [0.25, 0.3) is 11.8 Å². The Hall–Kier alpha value is -2.28. The van der Waals surface area contributed by atoms with E-state index < -0.39 is 0 Å². The van der Waals surface area contributed by atoms with E-state index in [1.54, 1.807) is 0 Å². The lowest BCUT2D eigenvalue weighted by molar-refractivity contribution is 0.520. The van der Waals surface area contributed by atoms with Gasteiger partial charge in [-0.25, -0.2) is 0 Å². The molecule has 2 aromatic rings. The highest BCUT2D eigenvalue weighted by Crippen LogP contribution is 2.31. The Bertz CT molecular complexity index is 722. The van der Waals surface area contributed by atoms with Crippen LogP contribution in [0.2, 0.25) is 0 Å². The molecule has 1 nitrogen and oxygen atoms in total. The molecule has 1 aliphatic rings. The highest BCUT2D eigenvalue weighted by Gasteiger charge is 2.19. The van der Waals surface area contributed by atoms with E-state index in [1.807, 2.05) is 0 Å². The van der Waals surface area contributed by atoms with Gasteiger partial charge in [0.2, 0.25) is 0 Å². The maximum Gasteiger partial charge on any atom is 0.0516 e. The van der Waals surface area contributed by atoms with Crippen molar-refractivity contribution in [2.24, 2.45) is 5.92 Å². The summed E-state index contributed by atoms with van der Waals surface area (Å²) in [6, 6.07) is 17.8. The first-order valence-corrected chi connectivity index (χ1v) is 8.95.